The molecule has 3 nitrogen and oxygen atoms in total. The summed E-state index contributed by atoms with van der Waals surface area (Å²) in [5.41, 5.74) is 0. The standard InChI is InChI=1S/C13H26O3/c1-5-8-12(10(4)11(14)7-3)16-13(15)9-6-2/h10-12,14H,5-9H2,1-4H3/t10-,11-,12+/m0/s1. The molecule has 0 spiro atoms. The molecule has 0 aromatic rings. The average Bonchev–Trinajstić information content (AvgIpc) is 2.26. The van der Waals surface area contributed by atoms with Gasteiger partial charge in [0.15, 0.2) is 0 Å². The zero-order chi connectivity index (χ0) is 12.6. The number of carbonyl (C=O) groups is 1. The topological polar surface area (TPSA) is 46.5 Å². The number of hydrogen-bond acceptors (Lipinski definition) is 3. The van der Waals surface area contributed by atoms with E-state index >= 15 is 0 Å². The van der Waals surface area contributed by atoms with Gasteiger partial charge in [0.25, 0.3) is 0 Å². The van der Waals surface area contributed by atoms with Crippen LogP contribution in [0.1, 0.15) is 59.8 Å². The van der Waals surface area contributed by atoms with Gasteiger partial charge < -0.3 is 9.84 Å². The third-order valence-electron chi connectivity index (χ3n) is 2.92. The van der Waals surface area contributed by atoms with E-state index in [-0.39, 0.29) is 24.1 Å². The summed E-state index contributed by atoms with van der Waals surface area (Å²) in [6.45, 7) is 7.91. The number of aliphatic hydroxyl groups excluding tert-OH is 1. The second-order valence-corrected chi connectivity index (χ2v) is 4.40. The Morgan fingerprint density at radius 2 is 1.88 bits per heavy atom. The largest absolute Gasteiger partial charge is 0.462 e. The molecular formula is C13H26O3. The maximum absolute atomic E-state index is 11.4. The van der Waals surface area contributed by atoms with E-state index in [1.54, 1.807) is 0 Å². The molecule has 0 heterocycles. The fourth-order valence-electron chi connectivity index (χ4n) is 1.77. The second kappa shape index (κ2) is 8.57. The third kappa shape index (κ3) is 5.50. The summed E-state index contributed by atoms with van der Waals surface area (Å²) >= 11 is 0. The van der Waals surface area contributed by atoms with E-state index < -0.39 is 0 Å². The van der Waals surface area contributed by atoms with E-state index in [1.165, 1.54) is 0 Å². The van der Waals surface area contributed by atoms with Crippen LogP contribution in [0.15, 0.2) is 0 Å². The van der Waals surface area contributed by atoms with Crippen LogP contribution in [0.5, 0.6) is 0 Å². The van der Waals surface area contributed by atoms with Gasteiger partial charge in [-0.2, -0.15) is 0 Å². The Morgan fingerprint density at radius 3 is 2.31 bits per heavy atom. The Balaban J connectivity index is 4.29. The summed E-state index contributed by atoms with van der Waals surface area (Å²) < 4.78 is 5.42. The lowest BCUT2D eigenvalue weighted by molar-refractivity contribution is -0.154. The molecule has 0 radical (unpaired) electrons. The molecule has 1 N–H and O–H groups in total. The van der Waals surface area contributed by atoms with Crippen LogP contribution in [0.2, 0.25) is 0 Å². The Labute approximate surface area is 99.2 Å². The molecule has 16 heavy (non-hydrogen) atoms. The molecule has 96 valence electrons. The van der Waals surface area contributed by atoms with Crippen LogP contribution in [-0.2, 0) is 9.53 Å². The Hall–Kier alpha value is -0.570. The predicted octanol–water partition coefficient (Wildman–Crippen LogP) is 2.91. The van der Waals surface area contributed by atoms with E-state index in [2.05, 4.69) is 6.92 Å². The highest BCUT2D eigenvalue weighted by Crippen LogP contribution is 2.19. The van der Waals surface area contributed by atoms with Gasteiger partial charge in [0.2, 0.25) is 0 Å². The number of hydrogen-bond donors (Lipinski definition) is 1. The van der Waals surface area contributed by atoms with Gasteiger partial charge in [0, 0.05) is 12.3 Å². The molecule has 0 unspecified atom stereocenters. The molecule has 0 bridgehead atoms. The minimum absolute atomic E-state index is 0.0192. The fraction of sp³-hybridized carbons (Fsp3) is 0.923. The normalized spacial score (nSPS) is 16.6. The Kier molecular flexibility index (Phi) is 8.26. The SMILES string of the molecule is CCCC(=O)O[C@H](CCC)[C@@H](C)[C@@H](O)CC. The van der Waals surface area contributed by atoms with Gasteiger partial charge in [-0.15, -0.1) is 0 Å². The molecule has 0 aromatic carbocycles. The van der Waals surface area contributed by atoms with E-state index in [0.717, 1.165) is 19.3 Å². The summed E-state index contributed by atoms with van der Waals surface area (Å²) in [6.07, 6.45) is 3.24. The van der Waals surface area contributed by atoms with Crippen LogP contribution in [0.25, 0.3) is 0 Å². The van der Waals surface area contributed by atoms with Crippen LogP contribution in [0.4, 0.5) is 0 Å². The summed E-state index contributed by atoms with van der Waals surface area (Å²) in [7, 11) is 0. The van der Waals surface area contributed by atoms with E-state index in [4.69, 9.17) is 4.74 Å². The number of esters is 1. The van der Waals surface area contributed by atoms with Crippen molar-refractivity contribution in [3.8, 4) is 0 Å². The van der Waals surface area contributed by atoms with Crippen molar-refractivity contribution < 1.29 is 14.6 Å². The molecule has 0 aliphatic heterocycles. The van der Waals surface area contributed by atoms with E-state index in [0.29, 0.717) is 12.8 Å². The zero-order valence-electron chi connectivity index (χ0n) is 11.0. The van der Waals surface area contributed by atoms with Crippen LogP contribution < -0.4 is 0 Å². The monoisotopic (exact) mass is 230 g/mol. The minimum Gasteiger partial charge on any atom is -0.462 e. The van der Waals surface area contributed by atoms with E-state index in [1.807, 2.05) is 20.8 Å². The van der Waals surface area contributed by atoms with E-state index in [9.17, 15) is 9.90 Å². The molecule has 3 heteroatoms. The quantitative estimate of drug-likeness (QED) is 0.652. The average molecular weight is 230 g/mol. The molecule has 0 fully saturated rings. The van der Waals surface area contributed by atoms with Gasteiger partial charge in [0.05, 0.1) is 6.10 Å². The number of rotatable bonds is 8. The van der Waals surface area contributed by atoms with Gasteiger partial charge >= 0.3 is 5.97 Å². The van der Waals surface area contributed by atoms with Crippen molar-refractivity contribution in [1.82, 2.24) is 0 Å². The molecule has 0 aliphatic rings. The van der Waals surface area contributed by atoms with Crippen LogP contribution in [0, 0.1) is 5.92 Å². The second-order valence-electron chi connectivity index (χ2n) is 4.40. The third-order valence-corrected chi connectivity index (χ3v) is 2.92. The highest BCUT2D eigenvalue weighted by molar-refractivity contribution is 5.69. The lowest BCUT2D eigenvalue weighted by atomic mass is 9.93. The minimum atomic E-state index is -0.383. The molecule has 0 rings (SSSR count). The highest BCUT2D eigenvalue weighted by atomic mass is 16.5. The van der Waals surface area contributed by atoms with Gasteiger partial charge in [-0.3, -0.25) is 4.79 Å². The molecule has 3 atom stereocenters. The zero-order valence-corrected chi connectivity index (χ0v) is 11.0. The molecular weight excluding hydrogens is 204 g/mol. The smallest absolute Gasteiger partial charge is 0.306 e. The van der Waals surface area contributed by atoms with Gasteiger partial charge in [-0.05, 0) is 19.3 Å². The molecule has 0 aromatic heterocycles. The lowest BCUT2D eigenvalue weighted by Gasteiger charge is -2.27. The first kappa shape index (κ1) is 15.4. The summed E-state index contributed by atoms with van der Waals surface area (Å²) in [5.74, 6) is -0.123. The van der Waals surface area contributed by atoms with Crippen molar-refractivity contribution in [3.63, 3.8) is 0 Å². The molecule has 0 amide bonds. The summed E-state index contributed by atoms with van der Waals surface area (Å²) in [5, 5.41) is 9.77. The van der Waals surface area contributed by atoms with Crippen LogP contribution >= 0.6 is 0 Å². The van der Waals surface area contributed by atoms with Gasteiger partial charge in [0.1, 0.15) is 6.10 Å². The Morgan fingerprint density at radius 1 is 1.25 bits per heavy atom. The maximum Gasteiger partial charge on any atom is 0.306 e. The van der Waals surface area contributed by atoms with Crippen molar-refractivity contribution >= 4 is 5.97 Å². The van der Waals surface area contributed by atoms with Crippen molar-refractivity contribution in [2.24, 2.45) is 5.92 Å². The van der Waals surface area contributed by atoms with Gasteiger partial charge in [-0.25, -0.2) is 0 Å². The summed E-state index contributed by atoms with van der Waals surface area (Å²) in [6, 6.07) is 0. The van der Waals surface area contributed by atoms with Crippen LogP contribution in [-0.4, -0.2) is 23.3 Å². The fourth-order valence-corrected chi connectivity index (χ4v) is 1.77. The molecule has 0 aliphatic carbocycles. The van der Waals surface area contributed by atoms with Crippen molar-refractivity contribution in [2.45, 2.75) is 72.0 Å². The molecule has 0 saturated heterocycles. The first-order chi connectivity index (χ1) is 7.56. The summed E-state index contributed by atoms with van der Waals surface area (Å²) in [4.78, 5) is 11.4. The predicted molar refractivity (Wildman–Crippen MR) is 65.2 cm³/mol. The van der Waals surface area contributed by atoms with Crippen molar-refractivity contribution in [3.05, 3.63) is 0 Å². The van der Waals surface area contributed by atoms with Gasteiger partial charge in [-0.1, -0.05) is 34.1 Å². The Bertz CT molecular complexity index is 192. The molecule has 0 saturated carbocycles. The number of ether oxygens (including phenoxy) is 1. The van der Waals surface area contributed by atoms with Crippen molar-refractivity contribution in [2.75, 3.05) is 0 Å². The lowest BCUT2D eigenvalue weighted by Crippen LogP contribution is -2.33. The maximum atomic E-state index is 11.4. The van der Waals surface area contributed by atoms with Crippen molar-refractivity contribution in [1.29, 1.82) is 0 Å². The first-order valence-electron chi connectivity index (χ1n) is 6.44. The number of carbonyl (C=O) groups excluding carboxylic acids is 1. The highest BCUT2D eigenvalue weighted by Gasteiger charge is 2.25. The van der Waals surface area contributed by atoms with Crippen LogP contribution in [0.3, 0.4) is 0 Å². The number of aliphatic hydroxyl groups is 1. The first-order valence-corrected chi connectivity index (χ1v) is 6.44.